The minimum atomic E-state index is -0.552. The fourth-order valence-corrected chi connectivity index (χ4v) is 1.13. The number of hydrogen-bond acceptors (Lipinski definition) is 2. The lowest BCUT2D eigenvalue weighted by Gasteiger charge is -2.13. The monoisotopic (exact) mass is 209 g/mol. The van der Waals surface area contributed by atoms with E-state index in [0.717, 1.165) is 5.56 Å². The van der Waals surface area contributed by atoms with Crippen molar-refractivity contribution in [2.75, 3.05) is 7.11 Å². The summed E-state index contributed by atoms with van der Waals surface area (Å²) < 4.78 is 17.1. The largest absolute Gasteiger partial charge is 0.453 e. The van der Waals surface area contributed by atoms with Crippen LogP contribution in [0.25, 0.3) is 0 Å². The summed E-state index contributed by atoms with van der Waals surface area (Å²) in [5, 5.41) is 2.55. The minimum absolute atomic E-state index is 0.320. The normalized spacial score (nSPS) is 11.6. The third-order valence-corrected chi connectivity index (χ3v) is 1.92. The van der Waals surface area contributed by atoms with Gasteiger partial charge in [-0.3, -0.25) is 0 Å². The molecule has 0 aromatic heterocycles. The molecule has 0 heterocycles. The average molecular weight is 209 g/mol. The minimum Gasteiger partial charge on any atom is -0.453 e. The number of benzene rings is 1. The van der Waals surface area contributed by atoms with Crippen LogP contribution in [0.4, 0.5) is 9.18 Å². The number of methoxy groups -OCH3 is 1. The summed E-state index contributed by atoms with van der Waals surface area (Å²) in [4.78, 5) is 11.0. The van der Waals surface area contributed by atoms with Gasteiger partial charge in [-0.25, -0.2) is 9.18 Å². The van der Waals surface area contributed by atoms with Gasteiger partial charge in [0, 0.05) is 0 Å². The number of carbonyl (C=O) groups excluding carboxylic acids is 1. The highest BCUT2D eigenvalue weighted by molar-refractivity contribution is 5.68. The van der Waals surface area contributed by atoms with E-state index in [0.29, 0.717) is 0 Å². The summed E-state index contributed by atoms with van der Waals surface area (Å²) in [7, 11) is 1.28. The molecule has 1 atom stereocenters. The predicted octanol–water partition coefficient (Wildman–Crippen LogP) is 2.41. The van der Waals surface area contributed by atoms with Crippen LogP contribution < -0.4 is 5.32 Å². The maximum atomic E-state index is 12.6. The molecule has 0 bridgehead atoms. The first kappa shape index (κ1) is 11.2. The van der Waals surface area contributed by atoms with Gasteiger partial charge in [0.25, 0.3) is 0 Å². The molecule has 0 saturated heterocycles. The van der Waals surface area contributed by atoms with Crippen molar-refractivity contribution >= 4 is 6.09 Å². The summed E-state index contributed by atoms with van der Waals surface area (Å²) >= 11 is 0. The van der Waals surface area contributed by atoms with E-state index in [4.69, 9.17) is 0 Å². The maximum Gasteiger partial charge on any atom is 0.407 e. The second-order valence-electron chi connectivity index (χ2n) is 2.90. The van der Waals surface area contributed by atoms with Crippen molar-refractivity contribution in [1.82, 2.24) is 5.32 Å². The van der Waals surface area contributed by atoms with E-state index in [9.17, 15) is 9.18 Å². The zero-order chi connectivity index (χ0) is 11.3. The lowest BCUT2D eigenvalue weighted by molar-refractivity contribution is 0.168. The molecule has 0 aliphatic heterocycles. The Morgan fingerprint density at radius 1 is 1.53 bits per heavy atom. The molecule has 0 aliphatic carbocycles. The van der Waals surface area contributed by atoms with Crippen molar-refractivity contribution in [2.45, 2.75) is 6.04 Å². The molecule has 0 aliphatic rings. The Balaban J connectivity index is 2.78. The summed E-state index contributed by atoms with van der Waals surface area (Å²) in [6, 6.07) is 5.43. The van der Waals surface area contributed by atoms with Gasteiger partial charge >= 0.3 is 6.09 Å². The number of rotatable bonds is 3. The van der Waals surface area contributed by atoms with Crippen LogP contribution in [-0.4, -0.2) is 13.2 Å². The molecule has 0 radical (unpaired) electrons. The highest BCUT2D eigenvalue weighted by Gasteiger charge is 2.10. The summed E-state index contributed by atoms with van der Waals surface area (Å²) in [6.45, 7) is 3.58. The Morgan fingerprint density at radius 3 is 2.60 bits per heavy atom. The molecule has 1 N–H and O–H groups in total. The van der Waals surface area contributed by atoms with Gasteiger partial charge < -0.3 is 10.1 Å². The average Bonchev–Trinajstić information content (AvgIpc) is 2.27. The molecule has 4 heteroatoms. The molecule has 15 heavy (non-hydrogen) atoms. The second kappa shape index (κ2) is 5.14. The molecule has 0 fully saturated rings. The Bertz CT molecular complexity index is 348. The summed E-state index contributed by atoms with van der Waals surface area (Å²) in [5.74, 6) is -0.320. The third kappa shape index (κ3) is 3.09. The van der Waals surface area contributed by atoms with Gasteiger partial charge in [0.2, 0.25) is 0 Å². The number of ether oxygens (including phenoxy) is 1. The van der Waals surface area contributed by atoms with Crippen LogP contribution in [0, 0.1) is 5.82 Å². The van der Waals surface area contributed by atoms with Gasteiger partial charge in [-0.2, -0.15) is 0 Å². The van der Waals surface area contributed by atoms with Crippen molar-refractivity contribution in [3.05, 3.63) is 48.3 Å². The van der Waals surface area contributed by atoms with Crippen LogP contribution in [0.2, 0.25) is 0 Å². The van der Waals surface area contributed by atoms with E-state index in [1.54, 1.807) is 18.2 Å². The number of alkyl carbamates (subject to hydrolysis) is 1. The number of amides is 1. The van der Waals surface area contributed by atoms with E-state index in [1.807, 2.05) is 0 Å². The first-order valence-electron chi connectivity index (χ1n) is 4.40. The Hall–Kier alpha value is -1.84. The molecule has 0 spiro atoms. The van der Waals surface area contributed by atoms with E-state index in [1.165, 1.54) is 19.2 Å². The molecule has 1 aromatic rings. The maximum absolute atomic E-state index is 12.6. The summed E-state index contributed by atoms with van der Waals surface area (Å²) in [5.41, 5.74) is 0.747. The number of hydrogen-bond donors (Lipinski definition) is 1. The SMILES string of the molecule is C=C[C@H](NC(=O)OC)c1ccc(F)cc1. The van der Waals surface area contributed by atoms with Crippen LogP contribution in [0.1, 0.15) is 11.6 Å². The quantitative estimate of drug-likeness (QED) is 0.776. The van der Waals surface area contributed by atoms with Gasteiger partial charge in [-0.1, -0.05) is 18.2 Å². The first-order valence-corrected chi connectivity index (χ1v) is 4.40. The van der Waals surface area contributed by atoms with Crippen molar-refractivity contribution in [3.63, 3.8) is 0 Å². The van der Waals surface area contributed by atoms with Crippen LogP contribution in [-0.2, 0) is 4.74 Å². The highest BCUT2D eigenvalue weighted by Crippen LogP contribution is 2.14. The Morgan fingerprint density at radius 2 is 2.13 bits per heavy atom. The molecule has 1 rings (SSSR count). The first-order chi connectivity index (χ1) is 7.17. The molecule has 80 valence electrons. The smallest absolute Gasteiger partial charge is 0.407 e. The van der Waals surface area contributed by atoms with Gasteiger partial charge in [0.05, 0.1) is 13.2 Å². The Kier molecular flexibility index (Phi) is 3.85. The zero-order valence-corrected chi connectivity index (χ0v) is 8.37. The molecule has 1 aromatic carbocycles. The van der Waals surface area contributed by atoms with Crippen LogP contribution in [0.5, 0.6) is 0 Å². The van der Waals surface area contributed by atoms with E-state index >= 15 is 0 Å². The molecule has 3 nitrogen and oxygen atoms in total. The van der Waals surface area contributed by atoms with Crippen LogP contribution in [0.3, 0.4) is 0 Å². The van der Waals surface area contributed by atoms with E-state index in [2.05, 4.69) is 16.6 Å². The standard InChI is InChI=1S/C11H12FNO2/c1-3-10(13-11(14)15-2)8-4-6-9(12)7-5-8/h3-7,10H,1H2,2H3,(H,13,14)/t10-/m0/s1. The Labute approximate surface area is 87.6 Å². The van der Waals surface area contributed by atoms with E-state index < -0.39 is 6.09 Å². The van der Waals surface area contributed by atoms with Gasteiger partial charge in [0.15, 0.2) is 0 Å². The zero-order valence-electron chi connectivity index (χ0n) is 8.37. The van der Waals surface area contributed by atoms with Crippen molar-refractivity contribution in [1.29, 1.82) is 0 Å². The lowest BCUT2D eigenvalue weighted by atomic mass is 10.1. The summed E-state index contributed by atoms with van der Waals surface area (Å²) in [6.07, 6.45) is 0.994. The fraction of sp³-hybridized carbons (Fsp3) is 0.182. The number of nitrogens with one attached hydrogen (secondary N) is 1. The molecule has 0 saturated carbocycles. The van der Waals surface area contributed by atoms with Gasteiger partial charge in [0.1, 0.15) is 5.82 Å². The topological polar surface area (TPSA) is 38.3 Å². The molecular formula is C11H12FNO2. The number of halogens is 1. The van der Waals surface area contributed by atoms with Gasteiger partial charge in [-0.15, -0.1) is 6.58 Å². The number of carbonyl (C=O) groups is 1. The highest BCUT2D eigenvalue weighted by atomic mass is 19.1. The fourth-order valence-electron chi connectivity index (χ4n) is 1.13. The molecule has 0 unspecified atom stereocenters. The van der Waals surface area contributed by atoms with Gasteiger partial charge in [-0.05, 0) is 17.7 Å². The lowest BCUT2D eigenvalue weighted by Crippen LogP contribution is -2.26. The van der Waals surface area contributed by atoms with Crippen LogP contribution >= 0.6 is 0 Å². The van der Waals surface area contributed by atoms with Crippen LogP contribution in [0.15, 0.2) is 36.9 Å². The van der Waals surface area contributed by atoms with E-state index in [-0.39, 0.29) is 11.9 Å². The third-order valence-electron chi connectivity index (χ3n) is 1.92. The predicted molar refractivity (Wildman–Crippen MR) is 54.9 cm³/mol. The van der Waals surface area contributed by atoms with Crippen molar-refractivity contribution < 1.29 is 13.9 Å². The second-order valence-corrected chi connectivity index (χ2v) is 2.90. The molecule has 1 amide bonds. The van der Waals surface area contributed by atoms with Crippen molar-refractivity contribution in [2.24, 2.45) is 0 Å². The van der Waals surface area contributed by atoms with Crippen molar-refractivity contribution in [3.8, 4) is 0 Å². The molecular weight excluding hydrogens is 197 g/mol.